The lowest BCUT2D eigenvalue weighted by atomic mass is 9.74. The van der Waals surface area contributed by atoms with Crippen molar-refractivity contribution in [2.45, 2.75) is 39.2 Å². The summed E-state index contributed by atoms with van der Waals surface area (Å²) in [4.78, 5) is 38.0. The largest absolute Gasteiger partial charge is 0.480 e. The zero-order valence-electron chi connectivity index (χ0n) is 14.2. The molecule has 0 aromatic heterocycles. The maximum atomic E-state index is 12.5. The quantitative estimate of drug-likeness (QED) is 0.859. The molecular weight excluding hydrogens is 310 g/mol. The highest BCUT2D eigenvalue weighted by Crippen LogP contribution is 2.32. The van der Waals surface area contributed by atoms with Crippen molar-refractivity contribution in [3.63, 3.8) is 0 Å². The summed E-state index contributed by atoms with van der Waals surface area (Å²) in [6, 6.07) is 8.98. The summed E-state index contributed by atoms with van der Waals surface area (Å²) in [5.41, 5.74) is -1.56. The Morgan fingerprint density at radius 3 is 2.42 bits per heavy atom. The molecule has 6 nitrogen and oxygen atoms in total. The molecule has 0 spiro atoms. The normalized spacial score (nSPS) is 21.5. The second kappa shape index (κ2) is 6.63. The Morgan fingerprint density at radius 2 is 1.88 bits per heavy atom. The molecule has 1 aromatic carbocycles. The van der Waals surface area contributed by atoms with E-state index in [1.165, 1.54) is 4.90 Å². The molecule has 0 saturated carbocycles. The number of hydrogen-bond acceptors (Lipinski definition) is 4. The summed E-state index contributed by atoms with van der Waals surface area (Å²) >= 11 is 0. The van der Waals surface area contributed by atoms with Crippen LogP contribution in [0.3, 0.4) is 0 Å². The number of aliphatic carboxylic acids is 1. The summed E-state index contributed by atoms with van der Waals surface area (Å²) < 4.78 is 5.32. The zero-order chi connectivity index (χ0) is 18.0. The Kier molecular flexibility index (Phi) is 4.96. The van der Waals surface area contributed by atoms with Gasteiger partial charge >= 0.3 is 12.1 Å². The Balaban J connectivity index is 2.26. The molecule has 1 aliphatic rings. The molecule has 2 rings (SSSR count). The molecule has 24 heavy (non-hydrogen) atoms. The molecule has 130 valence electrons. The van der Waals surface area contributed by atoms with Crippen LogP contribution in [-0.2, 0) is 20.7 Å². The topological polar surface area (TPSA) is 83.9 Å². The third kappa shape index (κ3) is 3.93. The van der Waals surface area contributed by atoms with Crippen LogP contribution in [0.2, 0.25) is 0 Å². The van der Waals surface area contributed by atoms with Gasteiger partial charge in [0.25, 0.3) is 0 Å². The van der Waals surface area contributed by atoms with E-state index in [1.807, 2.05) is 6.07 Å². The molecule has 0 radical (unpaired) electrons. The molecule has 6 heteroatoms. The van der Waals surface area contributed by atoms with E-state index in [0.29, 0.717) is 0 Å². The van der Waals surface area contributed by atoms with Gasteiger partial charge in [-0.05, 0) is 32.8 Å². The van der Waals surface area contributed by atoms with Gasteiger partial charge in [0.15, 0.2) is 5.78 Å². The van der Waals surface area contributed by atoms with Gasteiger partial charge in [-0.15, -0.1) is 0 Å². The first-order valence-electron chi connectivity index (χ1n) is 7.93. The molecule has 1 unspecified atom stereocenters. The first-order chi connectivity index (χ1) is 11.1. The lowest BCUT2D eigenvalue weighted by Crippen LogP contribution is -2.57. The number of carboxylic acids is 1. The highest BCUT2D eigenvalue weighted by Gasteiger charge is 2.50. The van der Waals surface area contributed by atoms with Crippen molar-refractivity contribution in [2.24, 2.45) is 5.41 Å². The molecule has 1 N–H and O–H groups in total. The Hall–Kier alpha value is -2.37. The number of Topliss-reactive ketones (excluding diaryl/α,β-unsaturated/α-hetero) is 1. The molecule has 1 amide bonds. The van der Waals surface area contributed by atoms with Crippen LogP contribution in [0.25, 0.3) is 0 Å². The summed E-state index contributed by atoms with van der Waals surface area (Å²) in [7, 11) is 0. The predicted octanol–water partition coefficient (Wildman–Crippen LogP) is 2.51. The van der Waals surface area contributed by atoms with Crippen LogP contribution < -0.4 is 0 Å². The zero-order valence-corrected chi connectivity index (χ0v) is 14.2. The highest BCUT2D eigenvalue weighted by molar-refractivity contribution is 6.04. The van der Waals surface area contributed by atoms with Crippen molar-refractivity contribution in [1.82, 2.24) is 4.90 Å². The minimum atomic E-state index is -1.63. The molecule has 1 heterocycles. The number of ketones is 1. The maximum Gasteiger partial charge on any atom is 0.410 e. The van der Waals surface area contributed by atoms with Crippen molar-refractivity contribution in [2.75, 3.05) is 13.1 Å². The molecule has 1 fully saturated rings. The van der Waals surface area contributed by atoms with Crippen molar-refractivity contribution in [1.29, 1.82) is 0 Å². The first-order valence-corrected chi connectivity index (χ1v) is 7.93. The molecule has 1 saturated heterocycles. The van der Waals surface area contributed by atoms with Crippen LogP contribution in [0.15, 0.2) is 30.3 Å². The molecule has 0 bridgehead atoms. The Morgan fingerprint density at radius 1 is 1.25 bits per heavy atom. The van der Waals surface area contributed by atoms with Crippen LogP contribution in [0.1, 0.15) is 32.8 Å². The van der Waals surface area contributed by atoms with Gasteiger partial charge in [0.1, 0.15) is 11.0 Å². The smallest absolute Gasteiger partial charge is 0.410 e. The second-order valence-electron chi connectivity index (χ2n) is 7.12. The number of carboxylic acid groups (broad SMARTS) is 1. The van der Waals surface area contributed by atoms with E-state index in [-0.39, 0.29) is 31.7 Å². The summed E-state index contributed by atoms with van der Waals surface area (Å²) in [5.74, 6) is -1.55. The third-order valence-corrected chi connectivity index (χ3v) is 4.01. The molecular formula is C18H23NO5. The van der Waals surface area contributed by atoms with Gasteiger partial charge in [-0.25, -0.2) is 4.79 Å². The van der Waals surface area contributed by atoms with E-state index in [0.717, 1.165) is 5.56 Å². The number of nitrogens with zero attached hydrogens (tertiary/aromatic N) is 1. The number of amides is 1. The lowest BCUT2D eigenvalue weighted by molar-refractivity contribution is -0.158. The van der Waals surface area contributed by atoms with Gasteiger partial charge in [0.2, 0.25) is 0 Å². The Bertz CT molecular complexity index is 635. The fraction of sp³-hybridized carbons (Fsp3) is 0.500. The van der Waals surface area contributed by atoms with Crippen molar-refractivity contribution < 1.29 is 24.2 Å². The van der Waals surface area contributed by atoms with E-state index >= 15 is 0 Å². The molecule has 1 atom stereocenters. The lowest BCUT2D eigenvalue weighted by Gasteiger charge is -2.39. The molecule has 1 aromatic rings. The van der Waals surface area contributed by atoms with Crippen molar-refractivity contribution >= 4 is 17.8 Å². The van der Waals surface area contributed by atoms with Gasteiger partial charge in [-0.2, -0.15) is 0 Å². The number of carbonyl (C=O) groups excluding carboxylic acids is 2. The number of ether oxygens (including phenoxy) is 1. The van der Waals surface area contributed by atoms with Crippen LogP contribution >= 0.6 is 0 Å². The van der Waals surface area contributed by atoms with E-state index < -0.39 is 23.1 Å². The molecule has 1 aliphatic heterocycles. The van der Waals surface area contributed by atoms with E-state index in [2.05, 4.69) is 0 Å². The minimum Gasteiger partial charge on any atom is -0.480 e. The fourth-order valence-corrected chi connectivity index (χ4v) is 2.81. The van der Waals surface area contributed by atoms with Crippen molar-refractivity contribution in [3.8, 4) is 0 Å². The van der Waals surface area contributed by atoms with E-state index in [4.69, 9.17) is 4.74 Å². The van der Waals surface area contributed by atoms with Crippen LogP contribution in [-0.4, -0.2) is 46.5 Å². The highest BCUT2D eigenvalue weighted by atomic mass is 16.6. The SMILES string of the molecule is CC(C)(C)OC(=O)N1CCC(=O)C(Cc2ccccc2)(C(=O)O)C1. The fourth-order valence-electron chi connectivity index (χ4n) is 2.81. The average molecular weight is 333 g/mol. The summed E-state index contributed by atoms with van der Waals surface area (Å²) in [6.07, 6.45) is -0.520. The van der Waals surface area contributed by atoms with Crippen LogP contribution in [0.5, 0.6) is 0 Å². The number of rotatable bonds is 3. The maximum absolute atomic E-state index is 12.5. The van der Waals surface area contributed by atoms with E-state index in [1.54, 1.807) is 45.0 Å². The molecule has 0 aliphatic carbocycles. The summed E-state index contributed by atoms with van der Waals surface area (Å²) in [5, 5.41) is 9.75. The number of benzene rings is 1. The van der Waals surface area contributed by atoms with Crippen LogP contribution in [0.4, 0.5) is 4.79 Å². The van der Waals surface area contributed by atoms with E-state index in [9.17, 15) is 19.5 Å². The third-order valence-electron chi connectivity index (χ3n) is 4.01. The van der Waals surface area contributed by atoms with Gasteiger partial charge < -0.3 is 14.7 Å². The first kappa shape index (κ1) is 18.0. The number of carbonyl (C=O) groups is 3. The van der Waals surface area contributed by atoms with Gasteiger partial charge in [0.05, 0.1) is 0 Å². The summed E-state index contributed by atoms with van der Waals surface area (Å²) in [6.45, 7) is 5.24. The Labute approximate surface area is 141 Å². The monoisotopic (exact) mass is 333 g/mol. The number of hydrogen-bond donors (Lipinski definition) is 1. The second-order valence-corrected chi connectivity index (χ2v) is 7.12. The van der Waals surface area contributed by atoms with Gasteiger partial charge in [-0.3, -0.25) is 9.59 Å². The minimum absolute atomic E-state index is 0.0123. The van der Waals surface area contributed by atoms with Crippen LogP contribution in [0, 0.1) is 5.41 Å². The van der Waals surface area contributed by atoms with Gasteiger partial charge in [-0.1, -0.05) is 30.3 Å². The number of piperidine rings is 1. The van der Waals surface area contributed by atoms with Gasteiger partial charge in [0, 0.05) is 19.5 Å². The number of likely N-dealkylation sites (tertiary alicyclic amines) is 1. The predicted molar refractivity (Wildman–Crippen MR) is 87.6 cm³/mol. The van der Waals surface area contributed by atoms with Crippen molar-refractivity contribution in [3.05, 3.63) is 35.9 Å². The standard InChI is InChI=1S/C18H23NO5/c1-17(2,3)24-16(23)19-10-9-14(20)18(12-19,15(21)22)11-13-7-5-4-6-8-13/h4-8H,9-12H2,1-3H3,(H,21,22). The average Bonchev–Trinajstić information content (AvgIpc) is 2.48.